The average Bonchev–Trinajstić information content (AvgIpc) is 2.86. The van der Waals surface area contributed by atoms with Crippen molar-refractivity contribution < 1.29 is 4.39 Å². The third kappa shape index (κ3) is 3.12. The fourth-order valence-corrected chi connectivity index (χ4v) is 1.62. The Bertz CT molecular complexity index is 648. The molecule has 0 atom stereocenters. The molecule has 0 saturated heterocycles. The molecule has 5 nitrogen and oxygen atoms in total. The number of nitrogens with one attached hydrogen (secondary N) is 1. The lowest BCUT2D eigenvalue weighted by Gasteiger charge is -2.17. The predicted octanol–water partition coefficient (Wildman–Crippen LogP) is 2.66. The number of benzene rings is 1. The number of aromatic nitrogens is 3. The fraction of sp³-hybridized carbons (Fsp3) is 0.357. The molecule has 0 fully saturated rings. The molecule has 0 saturated carbocycles. The smallest absolute Gasteiger partial charge is 0.147 e. The van der Waals surface area contributed by atoms with E-state index in [4.69, 9.17) is 5.26 Å². The zero-order valence-electron chi connectivity index (χ0n) is 11.7. The number of nitriles is 1. The molecule has 0 spiro atoms. The molecule has 0 aliphatic carbocycles. The normalized spacial score (nSPS) is 11.2. The fourth-order valence-electron chi connectivity index (χ4n) is 1.62. The van der Waals surface area contributed by atoms with Gasteiger partial charge in [-0.3, -0.25) is 0 Å². The molecule has 2 rings (SSSR count). The van der Waals surface area contributed by atoms with Crippen LogP contribution in [-0.2, 0) is 12.1 Å². The van der Waals surface area contributed by atoms with Crippen LogP contribution in [0.2, 0.25) is 0 Å². The van der Waals surface area contributed by atoms with E-state index >= 15 is 0 Å². The van der Waals surface area contributed by atoms with Crippen molar-refractivity contribution in [2.45, 2.75) is 32.9 Å². The second kappa shape index (κ2) is 5.29. The summed E-state index contributed by atoms with van der Waals surface area (Å²) >= 11 is 0. The third-order valence-corrected chi connectivity index (χ3v) is 2.79. The first-order valence-corrected chi connectivity index (χ1v) is 6.25. The van der Waals surface area contributed by atoms with Crippen molar-refractivity contribution in [3.63, 3.8) is 0 Å². The maximum Gasteiger partial charge on any atom is 0.147 e. The zero-order valence-corrected chi connectivity index (χ0v) is 11.7. The Labute approximate surface area is 117 Å². The largest absolute Gasteiger partial charge is 0.377 e. The minimum absolute atomic E-state index is 0.134. The van der Waals surface area contributed by atoms with E-state index in [-0.39, 0.29) is 5.54 Å². The lowest BCUT2D eigenvalue weighted by molar-refractivity contribution is 0.347. The van der Waals surface area contributed by atoms with Gasteiger partial charge in [0.1, 0.15) is 11.5 Å². The number of halogens is 1. The van der Waals surface area contributed by atoms with E-state index in [1.807, 2.05) is 33.0 Å². The maximum absolute atomic E-state index is 13.7. The molecule has 0 aliphatic heterocycles. The summed E-state index contributed by atoms with van der Waals surface area (Å²) in [6.07, 6.45) is 1.83. The van der Waals surface area contributed by atoms with Gasteiger partial charge in [-0.25, -0.2) is 9.07 Å². The van der Waals surface area contributed by atoms with Crippen LogP contribution < -0.4 is 5.32 Å². The Hall–Kier alpha value is -2.42. The van der Waals surface area contributed by atoms with Gasteiger partial charge in [0, 0.05) is 0 Å². The van der Waals surface area contributed by atoms with Gasteiger partial charge in [0.05, 0.1) is 35.6 Å². The molecule has 0 aliphatic rings. The van der Waals surface area contributed by atoms with Crippen molar-refractivity contribution in [3.05, 3.63) is 41.5 Å². The molecule has 1 aromatic carbocycles. The third-order valence-electron chi connectivity index (χ3n) is 2.79. The first-order chi connectivity index (χ1) is 9.40. The molecule has 1 N–H and O–H groups in total. The Morgan fingerprint density at radius 2 is 2.15 bits per heavy atom. The Kier molecular flexibility index (Phi) is 3.70. The molecule has 2 aromatic rings. The highest BCUT2D eigenvalue weighted by Crippen LogP contribution is 2.17. The minimum Gasteiger partial charge on any atom is -0.377 e. The van der Waals surface area contributed by atoms with E-state index in [2.05, 4.69) is 15.6 Å². The summed E-state index contributed by atoms with van der Waals surface area (Å²) in [7, 11) is 0. The van der Waals surface area contributed by atoms with Gasteiger partial charge in [-0.05, 0) is 39.0 Å². The van der Waals surface area contributed by atoms with Gasteiger partial charge in [-0.1, -0.05) is 5.21 Å². The van der Waals surface area contributed by atoms with Crippen molar-refractivity contribution in [2.75, 3.05) is 5.32 Å². The monoisotopic (exact) mass is 273 g/mol. The summed E-state index contributed by atoms with van der Waals surface area (Å²) in [5.74, 6) is -0.452. The standard InChI is InChI=1S/C14H16FN5/c1-14(2,3)20-9-11(18-19-20)8-17-13-5-4-10(7-16)6-12(13)15/h4-6,9,17H,8H2,1-3H3. The number of anilines is 1. The highest BCUT2D eigenvalue weighted by Gasteiger charge is 2.15. The summed E-state index contributed by atoms with van der Waals surface area (Å²) in [6, 6.07) is 6.21. The van der Waals surface area contributed by atoms with Gasteiger partial charge in [0.15, 0.2) is 0 Å². The van der Waals surface area contributed by atoms with Crippen molar-refractivity contribution in [1.82, 2.24) is 15.0 Å². The van der Waals surface area contributed by atoms with Crippen LogP contribution in [0.15, 0.2) is 24.4 Å². The molecular formula is C14H16FN5. The van der Waals surface area contributed by atoms with Crippen molar-refractivity contribution in [1.29, 1.82) is 5.26 Å². The first-order valence-electron chi connectivity index (χ1n) is 6.25. The van der Waals surface area contributed by atoms with Gasteiger partial charge in [0.2, 0.25) is 0 Å². The van der Waals surface area contributed by atoms with Gasteiger partial charge < -0.3 is 5.32 Å². The van der Waals surface area contributed by atoms with Gasteiger partial charge in [-0.2, -0.15) is 5.26 Å². The van der Waals surface area contributed by atoms with Gasteiger partial charge in [0.25, 0.3) is 0 Å². The van der Waals surface area contributed by atoms with Crippen LogP contribution >= 0.6 is 0 Å². The van der Waals surface area contributed by atoms with E-state index in [0.29, 0.717) is 17.8 Å². The molecule has 104 valence electrons. The summed E-state index contributed by atoms with van der Waals surface area (Å²) in [5, 5.41) is 19.7. The molecular weight excluding hydrogens is 257 g/mol. The highest BCUT2D eigenvalue weighted by molar-refractivity contribution is 5.48. The molecule has 0 bridgehead atoms. The molecule has 0 unspecified atom stereocenters. The van der Waals surface area contributed by atoms with Crippen molar-refractivity contribution >= 4 is 5.69 Å². The van der Waals surface area contributed by atoms with Gasteiger partial charge in [-0.15, -0.1) is 5.10 Å². The summed E-state index contributed by atoms with van der Waals surface area (Å²) in [4.78, 5) is 0. The molecule has 1 aromatic heterocycles. The minimum atomic E-state index is -0.452. The Morgan fingerprint density at radius 1 is 1.40 bits per heavy atom. The van der Waals surface area contributed by atoms with Gasteiger partial charge >= 0.3 is 0 Å². The summed E-state index contributed by atoms with van der Waals surface area (Å²) in [6.45, 7) is 6.45. The van der Waals surface area contributed by atoms with E-state index in [1.54, 1.807) is 16.8 Å². The van der Waals surface area contributed by atoms with Crippen molar-refractivity contribution in [3.8, 4) is 6.07 Å². The van der Waals surface area contributed by atoms with Crippen LogP contribution in [0.3, 0.4) is 0 Å². The molecule has 0 radical (unpaired) electrons. The lowest BCUT2D eigenvalue weighted by Crippen LogP contribution is -2.22. The predicted molar refractivity (Wildman–Crippen MR) is 73.5 cm³/mol. The Morgan fingerprint density at radius 3 is 2.70 bits per heavy atom. The van der Waals surface area contributed by atoms with Crippen LogP contribution in [-0.4, -0.2) is 15.0 Å². The Balaban J connectivity index is 2.06. The first kappa shape index (κ1) is 14.0. The number of hydrogen-bond acceptors (Lipinski definition) is 4. The van der Waals surface area contributed by atoms with Crippen molar-refractivity contribution in [2.24, 2.45) is 0 Å². The van der Waals surface area contributed by atoms with E-state index in [0.717, 1.165) is 5.69 Å². The number of rotatable bonds is 3. The van der Waals surface area contributed by atoms with Crippen LogP contribution in [0.25, 0.3) is 0 Å². The highest BCUT2D eigenvalue weighted by atomic mass is 19.1. The average molecular weight is 273 g/mol. The molecule has 6 heteroatoms. The molecule has 0 amide bonds. The second-order valence-corrected chi connectivity index (χ2v) is 5.49. The summed E-state index contributed by atoms with van der Waals surface area (Å²) < 4.78 is 15.4. The van der Waals surface area contributed by atoms with E-state index in [9.17, 15) is 4.39 Å². The number of hydrogen-bond donors (Lipinski definition) is 1. The SMILES string of the molecule is CC(C)(C)n1cc(CNc2ccc(C#N)cc2F)nn1. The zero-order chi connectivity index (χ0) is 14.8. The van der Waals surface area contributed by atoms with Crippen LogP contribution in [0.1, 0.15) is 32.0 Å². The van der Waals surface area contributed by atoms with Crippen LogP contribution in [0.4, 0.5) is 10.1 Å². The topological polar surface area (TPSA) is 66.5 Å². The summed E-state index contributed by atoms with van der Waals surface area (Å²) in [5.41, 5.74) is 1.23. The maximum atomic E-state index is 13.7. The quantitative estimate of drug-likeness (QED) is 0.933. The number of nitrogens with zero attached hydrogens (tertiary/aromatic N) is 4. The van der Waals surface area contributed by atoms with E-state index < -0.39 is 5.82 Å². The lowest BCUT2D eigenvalue weighted by atomic mass is 10.1. The van der Waals surface area contributed by atoms with E-state index in [1.165, 1.54) is 6.07 Å². The molecule has 20 heavy (non-hydrogen) atoms. The van der Waals surface area contributed by atoms with Crippen LogP contribution in [0, 0.1) is 17.1 Å². The van der Waals surface area contributed by atoms with Crippen LogP contribution in [0.5, 0.6) is 0 Å². The second-order valence-electron chi connectivity index (χ2n) is 5.49. The molecule has 1 heterocycles.